The Labute approximate surface area is 325 Å². The lowest BCUT2D eigenvalue weighted by molar-refractivity contribution is -0.250. The summed E-state index contributed by atoms with van der Waals surface area (Å²) in [5.41, 5.74) is 6.17. The number of rotatable bonds is 8. The third-order valence-corrected chi connectivity index (χ3v) is 12.2. The van der Waals surface area contributed by atoms with Crippen molar-refractivity contribution in [1.82, 2.24) is 13.9 Å². The number of fused-ring (bicyclic) bond motifs is 6. The van der Waals surface area contributed by atoms with Crippen molar-refractivity contribution in [3.05, 3.63) is 147 Å². The highest BCUT2D eigenvalue weighted by molar-refractivity contribution is 7.78. The number of ether oxygens (including phenoxy) is 1. The summed E-state index contributed by atoms with van der Waals surface area (Å²) in [6.07, 6.45) is 0.768. The van der Waals surface area contributed by atoms with Gasteiger partial charge in [-0.2, -0.15) is 8.51 Å². The number of aromatic nitrogens is 2. The van der Waals surface area contributed by atoms with E-state index in [1.807, 2.05) is 85.8 Å². The van der Waals surface area contributed by atoms with Gasteiger partial charge in [0.25, 0.3) is 22.6 Å². The predicted molar refractivity (Wildman–Crippen MR) is 210 cm³/mol. The summed E-state index contributed by atoms with van der Waals surface area (Å²) in [6.45, 7) is 6.13. The molecule has 4 aromatic carbocycles. The normalized spacial score (nSPS) is 18.8. The highest BCUT2D eigenvalue weighted by atomic mass is 32.2. The zero-order chi connectivity index (χ0) is 38.7. The lowest BCUT2D eigenvalue weighted by Gasteiger charge is -2.38. The van der Waals surface area contributed by atoms with E-state index in [4.69, 9.17) is 23.7 Å². The average molecular weight is 768 g/mol. The van der Waals surface area contributed by atoms with E-state index in [1.165, 1.54) is 4.31 Å². The molecular weight excluding hydrogens is 731 g/mol. The van der Waals surface area contributed by atoms with E-state index in [0.29, 0.717) is 23.6 Å². The number of hydrogen-bond acceptors (Lipinski definition) is 9. The summed E-state index contributed by atoms with van der Waals surface area (Å²) < 4.78 is 29.2. The Bertz CT molecular complexity index is 2660. The van der Waals surface area contributed by atoms with E-state index in [9.17, 15) is 18.6 Å². The fraction of sp³-hybridized carbons (Fsp3) is 0.227. The van der Waals surface area contributed by atoms with Crippen LogP contribution in [0.1, 0.15) is 53.6 Å². The molecule has 12 heteroatoms. The Hall–Kier alpha value is -6.11. The first kappa shape index (κ1) is 35.6. The van der Waals surface area contributed by atoms with Crippen LogP contribution in [0.25, 0.3) is 33.4 Å². The first-order valence-corrected chi connectivity index (χ1v) is 19.6. The van der Waals surface area contributed by atoms with Crippen LogP contribution in [0.5, 0.6) is 11.5 Å². The van der Waals surface area contributed by atoms with Crippen LogP contribution < -0.4 is 14.6 Å². The van der Waals surface area contributed by atoms with E-state index < -0.39 is 40.4 Å². The predicted octanol–water partition coefficient (Wildman–Crippen LogP) is 7.05. The van der Waals surface area contributed by atoms with Crippen molar-refractivity contribution in [1.29, 1.82) is 0 Å². The minimum atomic E-state index is -2.16. The fourth-order valence-corrected chi connectivity index (χ4v) is 9.09. The highest BCUT2D eigenvalue weighted by Crippen LogP contribution is 2.45. The molecule has 9 rings (SSSR count). The summed E-state index contributed by atoms with van der Waals surface area (Å²) in [4.78, 5) is 58.1. The van der Waals surface area contributed by atoms with Crippen LogP contribution >= 0.6 is 0 Å². The molecule has 0 amide bonds. The van der Waals surface area contributed by atoms with Gasteiger partial charge in [-0.25, -0.2) is 14.7 Å². The van der Waals surface area contributed by atoms with Crippen molar-refractivity contribution in [3.8, 4) is 34.0 Å². The number of carbonyl (C=O) groups excluding carboxylic acids is 2. The van der Waals surface area contributed by atoms with Gasteiger partial charge in [-0.15, -0.1) is 0 Å². The molecule has 0 bridgehead atoms. The largest absolute Gasteiger partial charge is 0.440 e. The maximum Gasteiger partial charge on any atom is 0.403 e. The van der Waals surface area contributed by atoms with Gasteiger partial charge < -0.3 is 8.92 Å². The summed E-state index contributed by atoms with van der Waals surface area (Å²) in [5, 5.41) is 1.02. The summed E-state index contributed by atoms with van der Waals surface area (Å²) in [5.74, 6) is -1.72. The Kier molecular flexibility index (Phi) is 8.82. The number of hydrogen-bond donors (Lipinski definition) is 0. The summed E-state index contributed by atoms with van der Waals surface area (Å²) in [6, 6.07) is 31.2. The van der Waals surface area contributed by atoms with Crippen molar-refractivity contribution >= 4 is 34.1 Å². The monoisotopic (exact) mass is 767 g/mol. The first-order valence-electron chi connectivity index (χ1n) is 18.6. The number of carbonyl (C=O) groups is 2. The van der Waals surface area contributed by atoms with Crippen LogP contribution in [0.3, 0.4) is 0 Å². The van der Waals surface area contributed by atoms with Crippen molar-refractivity contribution in [2.45, 2.75) is 64.8 Å². The zero-order valence-corrected chi connectivity index (χ0v) is 31.8. The van der Waals surface area contributed by atoms with E-state index >= 15 is 0 Å². The van der Waals surface area contributed by atoms with Gasteiger partial charge in [0.05, 0.1) is 29.0 Å². The Morgan fingerprint density at radius 1 is 0.893 bits per heavy atom. The van der Waals surface area contributed by atoms with Gasteiger partial charge in [0.1, 0.15) is 11.8 Å². The molecule has 3 atom stereocenters. The molecule has 0 aliphatic carbocycles. The molecule has 0 radical (unpaired) electrons. The second-order valence-electron chi connectivity index (χ2n) is 14.3. The van der Waals surface area contributed by atoms with Crippen LogP contribution in [0.15, 0.2) is 108 Å². The minimum absolute atomic E-state index is 0.0659. The lowest BCUT2D eigenvalue weighted by atomic mass is 9.88. The van der Waals surface area contributed by atoms with Gasteiger partial charge in [-0.3, -0.25) is 19.0 Å². The van der Waals surface area contributed by atoms with Gasteiger partial charge in [0.2, 0.25) is 5.60 Å². The molecule has 0 spiro atoms. The van der Waals surface area contributed by atoms with Crippen molar-refractivity contribution in [2.75, 3.05) is 0 Å². The Morgan fingerprint density at radius 3 is 2.38 bits per heavy atom. The van der Waals surface area contributed by atoms with Crippen LogP contribution in [-0.4, -0.2) is 36.0 Å². The second-order valence-corrected chi connectivity index (χ2v) is 15.3. The summed E-state index contributed by atoms with van der Waals surface area (Å²) >= 11 is -2.16. The number of pyridine rings is 2. The fourth-order valence-electron chi connectivity index (χ4n) is 8.11. The van der Waals surface area contributed by atoms with Gasteiger partial charge in [-0.05, 0) is 71.5 Å². The standard InChI is InChI=1S/C44H37N3O8S/c1-4-32-33-21-26(3)15-20-36(33)45-39-34(32)25-46-37(39)23-35-40(41(46)48)53-54-43(50)44(35,5-2)52-42(49)38-22-29-13-9-10-14-30(29)24-47(38)56(51)55-31-18-16-28(17-19-31)27-11-7-6-8-12-27/h6-21,23,38H,4-5,22,24-25H2,1-3H3/t38?,44-,56?/m0/s1. The Morgan fingerprint density at radius 2 is 1.62 bits per heavy atom. The molecule has 56 heavy (non-hydrogen) atoms. The molecule has 3 aliphatic heterocycles. The third kappa shape index (κ3) is 5.79. The molecule has 0 saturated carbocycles. The molecule has 11 nitrogen and oxygen atoms in total. The average Bonchev–Trinajstić information content (AvgIpc) is 3.59. The molecule has 2 aromatic heterocycles. The van der Waals surface area contributed by atoms with Crippen molar-refractivity contribution in [3.63, 3.8) is 0 Å². The maximum atomic E-state index is 14.5. The van der Waals surface area contributed by atoms with E-state index in [-0.39, 0.29) is 37.2 Å². The number of benzene rings is 4. The van der Waals surface area contributed by atoms with Gasteiger partial charge in [0, 0.05) is 30.3 Å². The van der Waals surface area contributed by atoms with Gasteiger partial charge >= 0.3 is 11.9 Å². The highest BCUT2D eigenvalue weighted by Gasteiger charge is 2.54. The van der Waals surface area contributed by atoms with E-state index in [2.05, 4.69) is 13.0 Å². The smallest absolute Gasteiger partial charge is 0.403 e. The topological polar surface area (TPSA) is 126 Å². The molecule has 3 aliphatic rings. The lowest BCUT2D eigenvalue weighted by Crippen LogP contribution is -2.53. The van der Waals surface area contributed by atoms with E-state index in [0.717, 1.165) is 49.8 Å². The van der Waals surface area contributed by atoms with Crippen LogP contribution in [0.4, 0.5) is 0 Å². The van der Waals surface area contributed by atoms with Crippen molar-refractivity contribution < 1.29 is 32.5 Å². The van der Waals surface area contributed by atoms with Crippen LogP contribution in [0, 0.1) is 6.92 Å². The SMILES string of the molecule is CCc1c2c(nc3ccc(C)cc13)-c1cc3c(c(=O)n1C2)OOC(=O)[C@@]3(CC)OC(=O)C1Cc2ccccc2CN1S(=O)Oc1ccc(-c2ccccc2)cc1. The first-order chi connectivity index (χ1) is 27.2. The maximum absolute atomic E-state index is 14.5. The molecule has 0 N–H and O–H groups in total. The number of esters is 1. The zero-order valence-electron chi connectivity index (χ0n) is 30.9. The number of aryl methyl sites for hydroxylation is 2. The number of nitrogens with zero attached hydrogens (tertiary/aromatic N) is 3. The summed E-state index contributed by atoms with van der Waals surface area (Å²) in [7, 11) is 0. The second kappa shape index (κ2) is 13.9. The molecule has 0 saturated heterocycles. The molecule has 6 aromatic rings. The van der Waals surface area contributed by atoms with Crippen molar-refractivity contribution in [2.24, 2.45) is 0 Å². The molecule has 282 valence electrons. The minimum Gasteiger partial charge on any atom is -0.440 e. The van der Waals surface area contributed by atoms with E-state index in [1.54, 1.807) is 29.7 Å². The van der Waals surface area contributed by atoms with Crippen LogP contribution in [0.2, 0.25) is 0 Å². The Balaban J connectivity index is 1.07. The third-order valence-electron chi connectivity index (χ3n) is 11.1. The molecule has 2 unspecified atom stereocenters. The van der Waals surface area contributed by atoms with Gasteiger partial charge in [0.15, 0.2) is 0 Å². The van der Waals surface area contributed by atoms with Gasteiger partial charge in [-0.1, -0.05) is 92.2 Å². The van der Waals surface area contributed by atoms with Crippen LogP contribution in [-0.2, 0) is 62.0 Å². The quantitative estimate of drug-likeness (QED) is 0.118. The molecule has 5 heterocycles. The molecule has 0 fully saturated rings. The molecular formula is C44H37N3O8S.